The number of carbonyl (C=O) groups is 1. The number of anilines is 1. The van der Waals surface area contributed by atoms with Crippen molar-refractivity contribution in [2.24, 2.45) is 0 Å². The van der Waals surface area contributed by atoms with Crippen LogP contribution in [-0.2, 0) is 4.79 Å². The molecule has 0 atom stereocenters. The van der Waals surface area contributed by atoms with Gasteiger partial charge < -0.3 is 10.4 Å². The zero-order valence-corrected chi connectivity index (χ0v) is 11.2. The zero-order valence-electron chi connectivity index (χ0n) is 11.2. The normalized spacial score (nSPS) is 10.9. The highest BCUT2D eigenvalue weighted by Gasteiger charge is 2.06. The van der Waals surface area contributed by atoms with E-state index in [1.54, 1.807) is 6.20 Å². The highest BCUT2D eigenvalue weighted by molar-refractivity contribution is 5.92. The molecular weight excluding hydrogens is 240 g/mol. The molecule has 0 aliphatic carbocycles. The van der Waals surface area contributed by atoms with Crippen LogP contribution in [0.15, 0.2) is 30.5 Å². The number of pyridine rings is 1. The van der Waals surface area contributed by atoms with Crippen molar-refractivity contribution >= 4 is 22.6 Å². The molecule has 0 saturated heterocycles. The molecule has 0 saturated carbocycles. The summed E-state index contributed by atoms with van der Waals surface area (Å²) in [5.41, 5.74) is 1.25. The van der Waals surface area contributed by atoms with Crippen LogP contribution in [0.4, 0.5) is 5.82 Å². The Balaban J connectivity index is 2.31. The summed E-state index contributed by atoms with van der Waals surface area (Å²) >= 11 is 0. The van der Waals surface area contributed by atoms with E-state index < -0.39 is 5.97 Å². The van der Waals surface area contributed by atoms with E-state index in [4.69, 9.17) is 5.11 Å². The number of aliphatic carboxylic acids is 1. The molecular formula is C15H18N2O2. The van der Waals surface area contributed by atoms with Gasteiger partial charge in [0.2, 0.25) is 0 Å². The number of carboxylic acid groups (broad SMARTS) is 1. The van der Waals surface area contributed by atoms with Crippen LogP contribution in [0.25, 0.3) is 10.8 Å². The maximum Gasteiger partial charge on any atom is 0.305 e. The van der Waals surface area contributed by atoms with E-state index in [1.165, 1.54) is 5.56 Å². The van der Waals surface area contributed by atoms with Crippen molar-refractivity contribution in [3.8, 4) is 0 Å². The van der Waals surface area contributed by atoms with E-state index in [-0.39, 0.29) is 6.42 Å². The number of hydrogen-bond acceptors (Lipinski definition) is 3. The summed E-state index contributed by atoms with van der Waals surface area (Å²) in [6.45, 7) is 4.68. The monoisotopic (exact) mass is 258 g/mol. The molecule has 0 unspecified atom stereocenters. The summed E-state index contributed by atoms with van der Waals surface area (Å²) in [6.07, 6.45) is 1.82. The van der Waals surface area contributed by atoms with Gasteiger partial charge in [0.15, 0.2) is 0 Å². The van der Waals surface area contributed by atoms with Crippen LogP contribution in [0.2, 0.25) is 0 Å². The molecule has 2 N–H and O–H groups in total. The SMILES string of the molecule is CC(C)c1ccc2ccnc(NCCC(=O)O)c2c1. The lowest BCUT2D eigenvalue weighted by Gasteiger charge is -2.11. The van der Waals surface area contributed by atoms with Gasteiger partial charge in [-0.25, -0.2) is 4.98 Å². The van der Waals surface area contributed by atoms with Gasteiger partial charge >= 0.3 is 5.97 Å². The molecule has 0 amide bonds. The van der Waals surface area contributed by atoms with E-state index in [9.17, 15) is 4.79 Å². The number of benzene rings is 1. The maximum atomic E-state index is 10.5. The number of nitrogens with zero attached hydrogens (tertiary/aromatic N) is 1. The van der Waals surface area contributed by atoms with Crippen LogP contribution >= 0.6 is 0 Å². The van der Waals surface area contributed by atoms with Crippen LogP contribution in [-0.4, -0.2) is 22.6 Å². The first-order valence-electron chi connectivity index (χ1n) is 6.42. The van der Waals surface area contributed by atoms with Gasteiger partial charge in [-0.3, -0.25) is 4.79 Å². The number of nitrogens with one attached hydrogen (secondary N) is 1. The Morgan fingerprint density at radius 1 is 1.37 bits per heavy atom. The summed E-state index contributed by atoms with van der Waals surface area (Å²) in [7, 11) is 0. The molecule has 0 bridgehead atoms. The Morgan fingerprint density at radius 3 is 2.84 bits per heavy atom. The van der Waals surface area contributed by atoms with E-state index in [2.05, 4.69) is 42.3 Å². The lowest BCUT2D eigenvalue weighted by molar-refractivity contribution is -0.136. The Morgan fingerprint density at radius 2 is 2.16 bits per heavy atom. The first-order valence-corrected chi connectivity index (χ1v) is 6.42. The van der Waals surface area contributed by atoms with Crippen molar-refractivity contribution < 1.29 is 9.90 Å². The summed E-state index contributed by atoms with van der Waals surface area (Å²) in [5, 5.41) is 13.9. The van der Waals surface area contributed by atoms with Crippen LogP contribution in [0.5, 0.6) is 0 Å². The van der Waals surface area contributed by atoms with E-state index >= 15 is 0 Å². The van der Waals surface area contributed by atoms with Crippen molar-refractivity contribution in [3.63, 3.8) is 0 Å². The maximum absolute atomic E-state index is 10.5. The second-order valence-corrected chi connectivity index (χ2v) is 4.87. The molecule has 1 aromatic heterocycles. The minimum atomic E-state index is -0.810. The molecule has 0 spiro atoms. The van der Waals surface area contributed by atoms with Gasteiger partial charge in [0.05, 0.1) is 6.42 Å². The fraction of sp³-hybridized carbons (Fsp3) is 0.333. The van der Waals surface area contributed by atoms with E-state index in [0.717, 1.165) is 16.6 Å². The van der Waals surface area contributed by atoms with E-state index in [0.29, 0.717) is 12.5 Å². The highest BCUT2D eigenvalue weighted by atomic mass is 16.4. The fourth-order valence-corrected chi connectivity index (χ4v) is 1.97. The van der Waals surface area contributed by atoms with Crippen molar-refractivity contribution in [3.05, 3.63) is 36.0 Å². The molecule has 0 aliphatic rings. The lowest BCUT2D eigenvalue weighted by Crippen LogP contribution is -2.08. The molecule has 2 rings (SSSR count). The molecule has 0 fully saturated rings. The number of aromatic nitrogens is 1. The number of hydrogen-bond donors (Lipinski definition) is 2. The van der Waals surface area contributed by atoms with Crippen LogP contribution in [0, 0.1) is 0 Å². The topological polar surface area (TPSA) is 62.2 Å². The smallest absolute Gasteiger partial charge is 0.305 e. The van der Waals surface area contributed by atoms with Gasteiger partial charge in [-0.15, -0.1) is 0 Å². The van der Waals surface area contributed by atoms with Gasteiger partial charge in [0.25, 0.3) is 0 Å². The van der Waals surface area contributed by atoms with Crippen LogP contribution < -0.4 is 5.32 Å². The van der Waals surface area contributed by atoms with Gasteiger partial charge in [0, 0.05) is 18.1 Å². The molecule has 0 aliphatic heterocycles. The minimum absolute atomic E-state index is 0.0853. The van der Waals surface area contributed by atoms with Crippen molar-refractivity contribution in [1.29, 1.82) is 0 Å². The average Bonchev–Trinajstić information content (AvgIpc) is 2.38. The highest BCUT2D eigenvalue weighted by Crippen LogP contribution is 2.25. The van der Waals surface area contributed by atoms with Gasteiger partial charge in [0.1, 0.15) is 5.82 Å². The van der Waals surface area contributed by atoms with Crippen molar-refractivity contribution in [2.45, 2.75) is 26.2 Å². The molecule has 1 heterocycles. The fourth-order valence-electron chi connectivity index (χ4n) is 1.97. The molecule has 4 heteroatoms. The third-order valence-electron chi connectivity index (χ3n) is 3.09. The predicted molar refractivity (Wildman–Crippen MR) is 76.6 cm³/mol. The Labute approximate surface area is 112 Å². The molecule has 100 valence electrons. The molecule has 2 aromatic rings. The van der Waals surface area contributed by atoms with E-state index in [1.807, 2.05) is 6.07 Å². The number of fused-ring (bicyclic) bond motifs is 1. The Hall–Kier alpha value is -2.10. The van der Waals surface area contributed by atoms with Gasteiger partial charge in [-0.05, 0) is 29.0 Å². The van der Waals surface area contributed by atoms with Gasteiger partial charge in [-0.1, -0.05) is 26.0 Å². The molecule has 4 nitrogen and oxygen atoms in total. The quantitative estimate of drug-likeness (QED) is 0.864. The number of carboxylic acids is 1. The van der Waals surface area contributed by atoms with Crippen molar-refractivity contribution in [1.82, 2.24) is 4.98 Å². The third-order valence-corrected chi connectivity index (χ3v) is 3.09. The second kappa shape index (κ2) is 5.69. The molecule has 0 radical (unpaired) electrons. The Bertz CT molecular complexity index is 594. The first-order chi connectivity index (χ1) is 9.08. The summed E-state index contributed by atoms with van der Waals surface area (Å²) in [5.74, 6) is 0.397. The Kier molecular flexibility index (Phi) is 4.00. The predicted octanol–water partition coefficient (Wildman–Crippen LogP) is 3.24. The summed E-state index contributed by atoms with van der Waals surface area (Å²) < 4.78 is 0. The average molecular weight is 258 g/mol. The van der Waals surface area contributed by atoms with Crippen molar-refractivity contribution in [2.75, 3.05) is 11.9 Å². The molecule has 1 aromatic carbocycles. The van der Waals surface area contributed by atoms with Gasteiger partial charge in [-0.2, -0.15) is 0 Å². The molecule has 19 heavy (non-hydrogen) atoms. The summed E-state index contributed by atoms with van der Waals surface area (Å²) in [4.78, 5) is 14.8. The third kappa shape index (κ3) is 3.22. The largest absolute Gasteiger partial charge is 0.481 e. The second-order valence-electron chi connectivity index (χ2n) is 4.87. The number of rotatable bonds is 5. The summed E-state index contributed by atoms with van der Waals surface area (Å²) in [6, 6.07) is 8.28. The van der Waals surface area contributed by atoms with Crippen LogP contribution in [0.1, 0.15) is 31.7 Å². The zero-order chi connectivity index (χ0) is 13.8. The lowest BCUT2D eigenvalue weighted by atomic mass is 10.00. The standard InChI is InChI=1S/C15H18N2O2/c1-10(2)12-4-3-11-5-7-16-15(13(11)9-12)17-8-6-14(18)19/h3-5,7,9-10H,6,8H2,1-2H3,(H,16,17)(H,18,19). The first kappa shape index (κ1) is 13.3. The minimum Gasteiger partial charge on any atom is -0.481 e. The van der Waals surface area contributed by atoms with Crippen LogP contribution in [0.3, 0.4) is 0 Å².